The van der Waals surface area contributed by atoms with Crippen LogP contribution in [0.4, 0.5) is 0 Å². The first-order valence-corrected chi connectivity index (χ1v) is 3.36. The highest BCUT2D eigenvalue weighted by Gasteiger charge is 2.21. The van der Waals surface area contributed by atoms with Gasteiger partial charge in [-0.1, -0.05) is 0 Å². The SMILES string of the molecule is C[C@@H](C#N)[C@H]1CCCO1. The second-order valence-corrected chi connectivity index (χ2v) is 2.47. The molecule has 0 unspecified atom stereocenters. The maximum atomic E-state index is 8.47. The van der Waals surface area contributed by atoms with Crippen LogP contribution in [0.15, 0.2) is 0 Å². The molecular formula is C7H11NO. The summed E-state index contributed by atoms with van der Waals surface area (Å²) in [7, 11) is 0. The molecule has 1 heterocycles. The molecule has 0 saturated carbocycles. The Bertz CT molecular complexity index is 121. The van der Waals surface area contributed by atoms with Crippen molar-refractivity contribution < 1.29 is 4.74 Å². The molecule has 2 nitrogen and oxygen atoms in total. The number of hydrogen-bond acceptors (Lipinski definition) is 2. The molecule has 1 fully saturated rings. The van der Waals surface area contributed by atoms with Crippen LogP contribution in [-0.2, 0) is 4.74 Å². The van der Waals surface area contributed by atoms with Crippen LogP contribution in [0.5, 0.6) is 0 Å². The summed E-state index contributed by atoms with van der Waals surface area (Å²) in [6, 6.07) is 2.18. The Morgan fingerprint density at radius 2 is 2.56 bits per heavy atom. The quantitative estimate of drug-likeness (QED) is 0.529. The van der Waals surface area contributed by atoms with E-state index in [1.54, 1.807) is 0 Å². The van der Waals surface area contributed by atoms with Crippen LogP contribution in [0.3, 0.4) is 0 Å². The van der Waals surface area contributed by atoms with Gasteiger partial charge in [0.2, 0.25) is 0 Å². The number of nitriles is 1. The fraction of sp³-hybridized carbons (Fsp3) is 0.857. The Kier molecular flexibility index (Phi) is 2.07. The van der Waals surface area contributed by atoms with E-state index < -0.39 is 0 Å². The highest BCUT2D eigenvalue weighted by molar-refractivity contribution is 4.87. The minimum Gasteiger partial charge on any atom is -0.377 e. The lowest BCUT2D eigenvalue weighted by Gasteiger charge is -2.09. The third-order valence-corrected chi connectivity index (χ3v) is 1.73. The van der Waals surface area contributed by atoms with Gasteiger partial charge >= 0.3 is 0 Å². The molecule has 0 radical (unpaired) electrons. The van der Waals surface area contributed by atoms with E-state index >= 15 is 0 Å². The summed E-state index contributed by atoms with van der Waals surface area (Å²) < 4.78 is 5.28. The van der Waals surface area contributed by atoms with Crippen LogP contribution in [0, 0.1) is 17.2 Å². The second kappa shape index (κ2) is 2.84. The van der Waals surface area contributed by atoms with E-state index in [1.165, 1.54) is 0 Å². The zero-order chi connectivity index (χ0) is 6.69. The molecule has 0 aliphatic carbocycles. The summed E-state index contributed by atoms with van der Waals surface area (Å²) in [5, 5.41) is 8.47. The molecule has 0 amide bonds. The van der Waals surface area contributed by atoms with E-state index in [9.17, 15) is 0 Å². The zero-order valence-corrected chi connectivity index (χ0v) is 5.63. The third-order valence-electron chi connectivity index (χ3n) is 1.73. The average Bonchev–Trinajstić information content (AvgIpc) is 2.37. The van der Waals surface area contributed by atoms with Gasteiger partial charge in [0, 0.05) is 6.61 Å². The molecule has 2 atom stereocenters. The first-order valence-electron chi connectivity index (χ1n) is 3.36. The van der Waals surface area contributed by atoms with E-state index in [0.29, 0.717) is 0 Å². The Hall–Kier alpha value is -0.550. The normalized spacial score (nSPS) is 29.6. The van der Waals surface area contributed by atoms with Gasteiger partial charge < -0.3 is 4.74 Å². The van der Waals surface area contributed by atoms with Crippen LogP contribution in [0.2, 0.25) is 0 Å². The lowest BCUT2D eigenvalue weighted by atomic mass is 10.0. The summed E-state index contributed by atoms with van der Waals surface area (Å²) in [5.41, 5.74) is 0. The molecule has 0 aromatic heterocycles. The number of nitrogens with zero attached hydrogens (tertiary/aromatic N) is 1. The molecule has 0 aromatic rings. The first-order chi connectivity index (χ1) is 4.34. The van der Waals surface area contributed by atoms with Gasteiger partial charge in [-0.3, -0.25) is 0 Å². The van der Waals surface area contributed by atoms with Crippen molar-refractivity contribution in [3.8, 4) is 6.07 Å². The van der Waals surface area contributed by atoms with Crippen LogP contribution >= 0.6 is 0 Å². The van der Waals surface area contributed by atoms with Crippen LogP contribution in [0.25, 0.3) is 0 Å². The number of ether oxygens (including phenoxy) is 1. The highest BCUT2D eigenvalue weighted by atomic mass is 16.5. The Morgan fingerprint density at radius 1 is 1.78 bits per heavy atom. The summed E-state index contributed by atoms with van der Waals surface area (Å²) >= 11 is 0. The van der Waals surface area contributed by atoms with E-state index in [0.717, 1.165) is 19.4 Å². The highest BCUT2D eigenvalue weighted by Crippen LogP contribution is 2.18. The minimum absolute atomic E-state index is 0.0764. The van der Waals surface area contributed by atoms with Crippen molar-refractivity contribution in [3.63, 3.8) is 0 Å². The smallest absolute Gasteiger partial charge is 0.0731 e. The predicted molar refractivity (Wildman–Crippen MR) is 33.8 cm³/mol. The standard InChI is InChI=1S/C7H11NO/c1-6(5-8)7-3-2-4-9-7/h6-7H,2-4H2,1H3/t6-,7+/m0/s1. The lowest BCUT2D eigenvalue weighted by molar-refractivity contribution is 0.0867. The van der Waals surface area contributed by atoms with Crippen molar-refractivity contribution >= 4 is 0 Å². The summed E-state index contributed by atoms with van der Waals surface area (Å²) in [6.45, 7) is 2.76. The Labute approximate surface area is 55.4 Å². The molecule has 0 aromatic carbocycles. The van der Waals surface area contributed by atoms with Crippen LogP contribution in [0.1, 0.15) is 19.8 Å². The number of hydrogen-bond donors (Lipinski definition) is 0. The van der Waals surface area contributed by atoms with Gasteiger partial charge in [0.25, 0.3) is 0 Å². The molecule has 9 heavy (non-hydrogen) atoms. The maximum Gasteiger partial charge on any atom is 0.0731 e. The van der Waals surface area contributed by atoms with Gasteiger partial charge in [0.1, 0.15) is 0 Å². The molecule has 1 rings (SSSR count). The number of rotatable bonds is 1. The van der Waals surface area contributed by atoms with E-state index in [4.69, 9.17) is 10.00 Å². The molecular weight excluding hydrogens is 114 g/mol. The fourth-order valence-corrected chi connectivity index (χ4v) is 1.08. The largest absolute Gasteiger partial charge is 0.377 e. The molecule has 1 saturated heterocycles. The molecule has 1 aliphatic heterocycles. The van der Waals surface area contributed by atoms with Crippen molar-refractivity contribution in [1.82, 2.24) is 0 Å². The van der Waals surface area contributed by atoms with Crippen LogP contribution in [-0.4, -0.2) is 12.7 Å². The minimum atomic E-state index is 0.0764. The van der Waals surface area contributed by atoms with E-state index in [1.807, 2.05) is 6.92 Å². The van der Waals surface area contributed by atoms with Gasteiger partial charge in [-0.05, 0) is 19.8 Å². The summed E-state index contributed by atoms with van der Waals surface area (Å²) in [5.74, 6) is 0.0764. The molecule has 1 aliphatic rings. The van der Waals surface area contributed by atoms with Crippen LogP contribution < -0.4 is 0 Å². The van der Waals surface area contributed by atoms with E-state index in [2.05, 4.69) is 6.07 Å². The van der Waals surface area contributed by atoms with Crippen molar-refractivity contribution in [2.75, 3.05) is 6.61 Å². The van der Waals surface area contributed by atoms with Gasteiger partial charge in [-0.2, -0.15) is 5.26 Å². The molecule has 0 spiro atoms. The van der Waals surface area contributed by atoms with Crippen molar-refractivity contribution in [1.29, 1.82) is 5.26 Å². The third kappa shape index (κ3) is 1.43. The average molecular weight is 125 g/mol. The van der Waals surface area contributed by atoms with Gasteiger partial charge in [0.05, 0.1) is 18.1 Å². The second-order valence-electron chi connectivity index (χ2n) is 2.47. The summed E-state index contributed by atoms with van der Waals surface area (Å²) in [4.78, 5) is 0. The molecule has 50 valence electrons. The maximum absolute atomic E-state index is 8.47. The van der Waals surface area contributed by atoms with Crippen molar-refractivity contribution in [2.24, 2.45) is 5.92 Å². The fourth-order valence-electron chi connectivity index (χ4n) is 1.08. The topological polar surface area (TPSA) is 33.0 Å². The Balaban J connectivity index is 2.34. The predicted octanol–water partition coefficient (Wildman–Crippen LogP) is 1.33. The zero-order valence-electron chi connectivity index (χ0n) is 5.63. The van der Waals surface area contributed by atoms with Crippen molar-refractivity contribution in [3.05, 3.63) is 0 Å². The van der Waals surface area contributed by atoms with Crippen molar-refractivity contribution in [2.45, 2.75) is 25.9 Å². The summed E-state index contributed by atoms with van der Waals surface area (Å²) in [6.07, 6.45) is 2.40. The lowest BCUT2D eigenvalue weighted by Crippen LogP contribution is -2.14. The molecule has 2 heteroatoms. The van der Waals surface area contributed by atoms with Gasteiger partial charge in [0.15, 0.2) is 0 Å². The Morgan fingerprint density at radius 3 is 3.00 bits per heavy atom. The molecule has 0 N–H and O–H groups in total. The monoisotopic (exact) mass is 125 g/mol. The molecule has 0 bridgehead atoms. The van der Waals surface area contributed by atoms with E-state index in [-0.39, 0.29) is 12.0 Å². The van der Waals surface area contributed by atoms with Gasteiger partial charge in [-0.15, -0.1) is 0 Å². The van der Waals surface area contributed by atoms with Gasteiger partial charge in [-0.25, -0.2) is 0 Å². The first kappa shape index (κ1) is 6.57.